The fourth-order valence-corrected chi connectivity index (χ4v) is 3.68. The van der Waals surface area contributed by atoms with Crippen molar-refractivity contribution in [3.8, 4) is 17.2 Å². The van der Waals surface area contributed by atoms with Crippen LogP contribution in [-0.2, 0) is 6.18 Å². The Morgan fingerprint density at radius 2 is 1.73 bits per heavy atom. The fraction of sp³-hybridized carbons (Fsp3) is 0.238. The lowest BCUT2D eigenvalue weighted by atomic mass is 10.2. The van der Waals surface area contributed by atoms with Crippen molar-refractivity contribution in [1.29, 1.82) is 0 Å². The van der Waals surface area contributed by atoms with Gasteiger partial charge in [0.2, 0.25) is 0 Å². The molecule has 0 N–H and O–H groups in total. The summed E-state index contributed by atoms with van der Waals surface area (Å²) < 4.78 is 41.2. The van der Waals surface area contributed by atoms with Gasteiger partial charge in [-0.3, -0.25) is 9.55 Å². The average Bonchev–Trinajstić information content (AvgIpc) is 3.41. The molecule has 1 aliphatic heterocycles. The maximum absolute atomic E-state index is 13.2. The molecule has 0 bridgehead atoms. The van der Waals surface area contributed by atoms with E-state index < -0.39 is 11.7 Å². The molecule has 5 heterocycles. The molecule has 0 aliphatic carbocycles. The van der Waals surface area contributed by atoms with Gasteiger partial charge in [0.05, 0.1) is 17.4 Å². The normalized spacial score (nSPS) is 14.6. The molecule has 152 valence electrons. The second-order valence-electron chi connectivity index (χ2n) is 7.12. The smallest absolute Gasteiger partial charge is 0.357 e. The highest BCUT2D eigenvalue weighted by atomic mass is 19.4. The molecule has 9 heteroatoms. The molecule has 1 saturated heterocycles. The molecule has 0 spiro atoms. The van der Waals surface area contributed by atoms with Crippen LogP contribution in [0.15, 0.2) is 55.0 Å². The summed E-state index contributed by atoms with van der Waals surface area (Å²) in [5, 5.41) is 0. The van der Waals surface area contributed by atoms with Crippen molar-refractivity contribution >= 4 is 17.0 Å². The first kappa shape index (κ1) is 18.5. The minimum atomic E-state index is -4.49. The summed E-state index contributed by atoms with van der Waals surface area (Å²) in [4.78, 5) is 19.6. The van der Waals surface area contributed by atoms with E-state index in [2.05, 4.69) is 24.8 Å². The molecule has 0 amide bonds. The van der Waals surface area contributed by atoms with E-state index in [0.717, 1.165) is 44.0 Å². The van der Waals surface area contributed by atoms with Gasteiger partial charge in [-0.25, -0.2) is 15.0 Å². The van der Waals surface area contributed by atoms with E-state index in [4.69, 9.17) is 0 Å². The summed E-state index contributed by atoms with van der Waals surface area (Å²) in [6.45, 7) is 1.95. The van der Waals surface area contributed by atoms with Gasteiger partial charge in [0.15, 0.2) is 11.5 Å². The van der Waals surface area contributed by atoms with Gasteiger partial charge < -0.3 is 4.90 Å². The Morgan fingerprint density at radius 1 is 0.900 bits per heavy atom. The van der Waals surface area contributed by atoms with Crippen LogP contribution in [0.5, 0.6) is 0 Å². The number of rotatable bonds is 3. The summed E-state index contributed by atoms with van der Waals surface area (Å²) in [6, 6.07) is 10.1. The van der Waals surface area contributed by atoms with Crippen LogP contribution in [0.3, 0.4) is 0 Å². The molecule has 5 rings (SSSR count). The van der Waals surface area contributed by atoms with Crippen LogP contribution in [0.1, 0.15) is 18.4 Å². The number of imidazole rings is 1. The van der Waals surface area contributed by atoms with Gasteiger partial charge in [-0.15, -0.1) is 0 Å². The number of pyridine rings is 3. The minimum absolute atomic E-state index is 0.147. The van der Waals surface area contributed by atoms with Crippen molar-refractivity contribution in [2.24, 2.45) is 0 Å². The molecule has 0 aromatic carbocycles. The number of anilines is 1. The van der Waals surface area contributed by atoms with E-state index in [9.17, 15) is 13.2 Å². The topological polar surface area (TPSA) is 59.7 Å². The fourth-order valence-electron chi connectivity index (χ4n) is 3.68. The molecule has 0 saturated carbocycles. The van der Waals surface area contributed by atoms with Crippen LogP contribution in [0.2, 0.25) is 0 Å². The molecule has 0 unspecified atom stereocenters. The predicted molar refractivity (Wildman–Crippen MR) is 106 cm³/mol. The SMILES string of the molecule is FC(F)(F)c1cnc2c(c1)nc(-c1ccccn1)n2-c1ccc(N2CCCC2)nc1. The lowest BCUT2D eigenvalue weighted by Crippen LogP contribution is -2.18. The molecular weight excluding hydrogens is 393 g/mol. The summed E-state index contributed by atoms with van der Waals surface area (Å²) >= 11 is 0. The van der Waals surface area contributed by atoms with Gasteiger partial charge in [-0.1, -0.05) is 6.07 Å². The number of nitrogens with zero attached hydrogens (tertiary/aromatic N) is 6. The largest absolute Gasteiger partial charge is 0.417 e. The van der Waals surface area contributed by atoms with Gasteiger partial charge in [0.25, 0.3) is 0 Å². The molecule has 0 radical (unpaired) electrons. The van der Waals surface area contributed by atoms with Crippen LogP contribution in [0.25, 0.3) is 28.4 Å². The molecular formula is C21H17F3N6. The number of hydrogen-bond donors (Lipinski definition) is 0. The van der Waals surface area contributed by atoms with E-state index in [1.54, 1.807) is 35.2 Å². The zero-order valence-electron chi connectivity index (χ0n) is 15.8. The van der Waals surface area contributed by atoms with Crippen LogP contribution in [0.4, 0.5) is 19.0 Å². The third-order valence-electron chi connectivity index (χ3n) is 5.14. The Labute approximate surface area is 170 Å². The maximum atomic E-state index is 13.2. The summed E-state index contributed by atoms with van der Waals surface area (Å²) in [6.07, 6.45) is 1.93. The summed E-state index contributed by atoms with van der Waals surface area (Å²) in [7, 11) is 0. The molecule has 1 aliphatic rings. The molecule has 4 aromatic rings. The highest BCUT2D eigenvalue weighted by Crippen LogP contribution is 2.33. The van der Waals surface area contributed by atoms with Crippen molar-refractivity contribution in [2.45, 2.75) is 19.0 Å². The van der Waals surface area contributed by atoms with Gasteiger partial charge in [0.1, 0.15) is 17.0 Å². The molecule has 30 heavy (non-hydrogen) atoms. The number of alkyl halides is 3. The molecule has 0 atom stereocenters. The zero-order valence-corrected chi connectivity index (χ0v) is 15.8. The van der Waals surface area contributed by atoms with Crippen molar-refractivity contribution in [2.75, 3.05) is 18.0 Å². The Balaban J connectivity index is 1.67. The Kier molecular flexibility index (Phi) is 4.38. The Bertz CT molecular complexity index is 1180. The number of halogens is 3. The highest BCUT2D eigenvalue weighted by molar-refractivity contribution is 5.79. The lowest BCUT2D eigenvalue weighted by molar-refractivity contribution is -0.137. The first-order valence-corrected chi connectivity index (χ1v) is 9.59. The van der Waals surface area contributed by atoms with Crippen LogP contribution < -0.4 is 4.90 Å². The van der Waals surface area contributed by atoms with Crippen LogP contribution >= 0.6 is 0 Å². The summed E-state index contributed by atoms with van der Waals surface area (Å²) in [5.41, 5.74) is 0.823. The van der Waals surface area contributed by atoms with Gasteiger partial charge in [0, 0.05) is 25.5 Å². The van der Waals surface area contributed by atoms with Crippen LogP contribution in [0, 0.1) is 0 Å². The van der Waals surface area contributed by atoms with Gasteiger partial charge in [-0.2, -0.15) is 13.2 Å². The number of hydrogen-bond acceptors (Lipinski definition) is 5. The van der Waals surface area contributed by atoms with Crippen molar-refractivity contribution in [3.05, 3.63) is 60.6 Å². The second-order valence-corrected chi connectivity index (χ2v) is 7.12. The first-order chi connectivity index (χ1) is 14.5. The molecule has 6 nitrogen and oxygen atoms in total. The number of aromatic nitrogens is 5. The Morgan fingerprint density at radius 3 is 2.40 bits per heavy atom. The van der Waals surface area contributed by atoms with E-state index in [1.165, 1.54) is 0 Å². The quantitative estimate of drug-likeness (QED) is 0.498. The second kappa shape index (κ2) is 7.08. The van der Waals surface area contributed by atoms with Crippen molar-refractivity contribution < 1.29 is 13.2 Å². The maximum Gasteiger partial charge on any atom is 0.417 e. The Hall–Kier alpha value is -3.49. The average molecular weight is 410 g/mol. The minimum Gasteiger partial charge on any atom is -0.357 e. The van der Waals surface area contributed by atoms with Crippen molar-refractivity contribution in [1.82, 2.24) is 24.5 Å². The highest BCUT2D eigenvalue weighted by Gasteiger charge is 2.32. The van der Waals surface area contributed by atoms with E-state index in [1.807, 2.05) is 12.1 Å². The first-order valence-electron chi connectivity index (χ1n) is 9.59. The van der Waals surface area contributed by atoms with Crippen LogP contribution in [-0.4, -0.2) is 37.6 Å². The third-order valence-corrected chi connectivity index (χ3v) is 5.14. The predicted octanol–water partition coefficient (Wildman–Crippen LogP) is 4.50. The summed E-state index contributed by atoms with van der Waals surface area (Å²) in [5.74, 6) is 1.29. The standard InChI is InChI=1S/C21H17F3N6/c22-21(23,24)14-11-17-19(27-12-14)30(20(28-17)16-5-1-2-8-25-16)15-6-7-18(26-13-15)29-9-3-4-10-29/h1-2,5-8,11-13H,3-4,9-10H2. The van der Waals surface area contributed by atoms with Gasteiger partial charge >= 0.3 is 6.18 Å². The van der Waals surface area contributed by atoms with Gasteiger partial charge in [-0.05, 0) is 43.2 Å². The third kappa shape index (κ3) is 3.26. The molecule has 1 fully saturated rings. The zero-order chi connectivity index (χ0) is 20.7. The lowest BCUT2D eigenvalue weighted by Gasteiger charge is -2.16. The van der Waals surface area contributed by atoms with E-state index in [-0.39, 0.29) is 5.52 Å². The van der Waals surface area contributed by atoms with E-state index >= 15 is 0 Å². The monoisotopic (exact) mass is 410 g/mol. The van der Waals surface area contributed by atoms with Crippen molar-refractivity contribution in [3.63, 3.8) is 0 Å². The molecule has 4 aromatic heterocycles. The van der Waals surface area contributed by atoms with E-state index in [0.29, 0.717) is 22.9 Å². The number of fused-ring (bicyclic) bond motifs is 1.